The zero-order valence-electron chi connectivity index (χ0n) is 12.3. The van der Waals surface area contributed by atoms with Gasteiger partial charge in [0.1, 0.15) is 0 Å². The van der Waals surface area contributed by atoms with Crippen molar-refractivity contribution in [1.29, 1.82) is 0 Å². The zero-order chi connectivity index (χ0) is 13.8. The number of hydrogen-bond acceptors (Lipinski definition) is 3. The lowest BCUT2D eigenvalue weighted by Crippen LogP contribution is -2.08. The monoisotopic (exact) mass is 276 g/mol. The Morgan fingerprint density at radius 2 is 1.89 bits per heavy atom. The summed E-state index contributed by atoms with van der Waals surface area (Å²) in [6.45, 7) is 8.96. The molecule has 0 fully saturated rings. The van der Waals surface area contributed by atoms with Gasteiger partial charge in [0.05, 0.1) is 6.04 Å². The number of nitrogens with one attached hydrogen (secondary N) is 1. The van der Waals surface area contributed by atoms with Gasteiger partial charge in [0, 0.05) is 11.4 Å². The molecule has 0 bridgehead atoms. The summed E-state index contributed by atoms with van der Waals surface area (Å²) in [6.07, 6.45) is 1.18. The molecule has 1 aromatic carbocycles. The van der Waals surface area contributed by atoms with Crippen molar-refractivity contribution in [1.82, 2.24) is 0 Å². The molecule has 0 aromatic heterocycles. The van der Waals surface area contributed by atoms with Gasteiger partial charge in [0.25, 0.3) is 0 Å². The third kappa shape index (κ3) is 4.27. The van der Waals surface area contributed by atoms with Crippen molar-refractivity contribution in [2.75, 3.05) is 11.1 Å². The first kappa shape index (κ1) is 14.4. The Kier molecular flexibility index (Phi) is 4.92. The summed E-state index contributed by atoms with van der Waals surface area (Å²) in [5, 5.41) is 4.50. The second-order valence-electron chi connectivity index (χ2n) is 5.93. The Bertz CT molecular complexity index is 435. The van der Waals surface area contributed by atoms with E-state index in [1.165, 1.54) is 12.0 Å². The number of aliphatic imine (C=N–C) groups is 1. The van der Waals surface area contributed by atoms with E-state index in [-0.39, 0.29) is 0 Å². The molecular weight excluding hydrogens is 252 g/mol. The van der Waals surface area contributed by atoms with Crippen molar-refractivity contribution < 1.29 is 0 Å². The topological polar surface area (TPSA) is 24.4 Å². The number of nitrogens with zero attached hydrogens (tertiary/aromatic N) is 1. The van der Waals surface area contributed by atoms with Crippen molar-refractivity contribution in [3.8, 4) is 0 Å². The highest BCUT2D eigenvalue weighted by atomic mass is 32.2. The minimum absolute atomic E-state index is 0.488. The minimum atomic E-state index is 0.488. The van der Waals surface area contributed by atoms with E-state index in [4.69, 9.17) is 4.99 Å². The quantitative estimate of drug-likeness (QED) is 0.859. The van der Waals surface area contributed by atoms with Gasteiger partial charge in [0.15, 0.2) is 5.17 Å². The van der Waals surface area contributed by atoms with Gasteiger partial charge in [-0.25, -0.2) is 0 Å². The highest BCUT2D eigenvalue weighted by Crippen LogP contribution is 2.25. The van der Waals surface area contributed by atoms with Crippen molar-refractivity contribution in [2.24, 2.45) is 10.9 Å². The summed E-state index contributed by atoms with van der Waals surface area (Å²) >= 11 is 1.84. The van der Waals surface area contributed by atoms with Crippen LogP contribution in [0.3, 0.4) is 0 Å². The van der Waals surface area contributed by atoms with E-state index in [1.807, 2.05) is 11.8 Å². The van der Waals surface area contributed by atoms with Gasteiger partial charge in [0.2, 0.25) is 0 Å². The average molecular weight is 276 g/mol. The van der Waals surface area contributed by atoms with Crippen LogP contribution in [0.1, 0.15) is 45.6 Å². The molecule has 0 spiro atoms. The number of rotatable bonds is 4. The van der Waals surface area contributed by atoms with E-state index in [0.717, 1.165) is 22.5 Å². The van der Waals surface area contributed by atoms with Crippen LogP contribution in [0, 0.1) is 5.92 Å². The van der Waals surface area contributed by atoms with E-state index in [0.29, 0.717) is 12.0 Å². The van der Waals surface area contributed by atoms with Crippen LogP contribution in [0.15, 0.2) is 29.3 Å². The Morgan fingerprint density at radius 1 is 1.21 bits per heavy atom. The van der Waals surface area contributed by atoms with Crippen molar-refractivity contribution in [3.63, 3.8) is 0 Å². The van der Waals surface area contributed by atoms with Crippen LogP contribution in [-0.4, -0.2) is 17.0 Å². The number of hydrogen-bond donors (Lipinski definition) is 1. The molecule has 1 N–H and O–H groups in total. The Labute approximate surface area is 121 Å². The van der Waals surface area contributed by atoms with Crippen LogP contribution in [0.4, 0.5) is 5.69 Å². The van der Waals surface area contributed by atoms with E-state index < -0.39 is 0 Å². The molecule has 2 nitrogen and oxygen atoms in total. The highest BCUT2D eigenvalue weighted by Gasteiger charge is 2.19. The molecule has 0 aliphatic carbocycles. The molecule has 2 rings (SSSR count). The standard InChI is InChI=1S/C16H24N2S/c1-11(2)9-15-10-19-16(18-15)17-14-7-5-13(6-8-14)12(3)4/h5-8,11-12,15H,9-10H2,1-4H3,(H,17,18). The molecule has 1 atom stereocenters. The first-order valence-electron chi connectivity index (χ1n) is 7.12. The highest BCUT2D eigenvalue weighted by molar-refractivity contribution is 8.14. The first-order chi connectivity index (χ1) is 9.04. The fourth-order valence-corrected chi connectivity index (χ4v) is 3.20. The summed E-state index contributed by atoms with van der Waals surface area (Å²) in [6, 6.07) is 9.17. The van der Waals surface area contributed by atoms with Gasteiger partial charge in [-0.05, 0) is 36.0 Å². The Balaban J connectivity index is 1.94. The third-order valence-corrected chi connectivity index (χ3v) is 4.32. The molecular formula is C16H24N2S. The molecule has 19 heavy (non-hydrogen) atoms. The largest absolute Gasteiger partial charge is 0.335 e. The van der Waals surface area contributed by atoms with E-state index in [1.54, 1.807) is 0 Å². The lowest BCUT2D eigenvalue weighted by atomic mass is 10.0. The zero-order valence-corrected chi connectivity index (χ0v) is 13.1. The lowest BCUT2D eigenvalue weighted by Gasteiger charge is -2.08. The van der Waals surface area contributed by atoms with Crippen molar-refractivity contribution >= 4 is 22.6 Å². The van der Waals surface area contributed by atoms with Crippen LogP contribution in [0.25, 0.3) is 0 Å². The van der Waals surface area contributed by atoms with Gasteiger partial charge in [-0.15, -0.1) is 0 Å². The van der Waals surface area contributed by atoms with Crippen LogP contribution in [-0.2, 0) is 0 Å². The molecule has 104 valence electrons. The molecule has 1 aliphatic rings. The molecule has 3 heteroatoms. The average Bonchev–Trinajstić information content (AvgIpc) is 2.76. The smallest absolute Gasteiger partial charge is 0.161 e. The maximum absolute atomic E-state index is 4.75. The minimum Gasteiger partial charge on any atom is -0.335 e. The van der Waals surface area contributed by atoms with Crippen molar-refractivity contribution in [3.05, 3.63) is 29.8 Å². The number of benzene rings is 1. The summed E-state index contributed by atoms with van der Waals surface area (Å²) in [5.74, 6) is 2.42. The molecule has 1 heterocycles. The van der Waals surface area contributed by atoms with E-state index in [2.05, 4.69) is 57.3 Å². The van der Waals surface area contributed by atoms with Crippen LogP contribution in [0.5, 0.6) is 0 Å². The molecule has 0 amide bonds. The maximum atomic E-state index is 4.75. The Hall–Kier alpha value is -0.960. The summed E-state index contributed by atoms with van der Waals surface area (Å²) in [4.78, 5) is 4.75. The SMILES string of the molecule is CC(C)CC1CSC(Nc2ccc(C(C)C)cc2)=N1. The molecule has 0 radical (unpaired) electrons. The Morgan fingerprint density at radius 3 is 2.47 bits per heavy atom. The fourth-order valence-electron chi connectivity index (χ4n) is 2.22. The predicted octanol–water partition coefficient (Wildman–Crippen LogP) is 4.74. The number of thioether (sulfide) groups is 1. The van der Waals surface area contributed by atoms with Crippen LogP contribution < -0.4 is 5.32 Å². The van der Waals surface area contributed by atoms with E-state index in [9.17, 15) is 0 Å². The second-order valence-corrected chi connectivity index (χ2v) is 6.94. The second kappa shape index (κ2) is 6.47. The normalized spacial score (nSPS) is 19.1. The molecule has 0 saturated heterocycles. The summed E-state index contributed by atoms with van der Waals surface area (Å²) in [7, 11) is 0. The third-order valence-electron chi connectivity index (χ3n) is 3.28. The van der Waals surface area contributed by atoms with Gasteiger partial charge in [-0.3, -0.25) is 4.99 Å². The lowest BCUT2D eigenvalue weighted by molar-refractivity contribution is 0.529. The van der Waals surface area contributed by atoms with Crippen LogP contribution in [0.2, 0.25) is 0 Å². The van der Waals surface area contributed by atoms with Gasteiger partial charge >= 0.3 is 0 Å². The number of anilines is 1. The van der Waals surface area contributed by atoms with Gasteiger partial charge in [-0.2, -0.15) is 0 Å². The van der Waals surface area contributed by atoms with Crippen LogP contribution >= 0.6 is 11.8 Å². The number of amidine groups is 1. The van der Waals surface area contributed by atoms with Gasteiger partial charge in [-0.1, -0.05) is 51.6 Å². The summed E-state index contributed by atoms with van der Waals surface area (Å²) in [5.41, 5.74) is 2.52. The molecule has 1 aliphatic heterocycles. The molecule has 1 unspecified atom stereocenters. The first-order valence-corrected chi connectivity index (χ1v) is 8.10. The van der Waals surface area contributed by atoms with Gasteiger partial charge < -0.3 is 5.32 Å². The maximum Gasteiger partial charge on any atom is 0.161 e. The van der Waals surface area contributed by atoms with Crippen molar-refractivity contribution in [2.45, 2.75) is 46.1 Å². The fraction of sp³-hybridized carbons (Fsp3) is 0.562. The predicted molar refractivity (Wildman–Crippen MR) is 87.3 cm³/mol. The summed E-state index contributed by atoms with van der Waals surface area (Å²) < 4.78 is 0. The molecule has 0 saturated carbocycles. The van der Waals surface area contributed by atoms with E-state index >= 15 is 0 Å². The molecule has 1 aromatic rings.